The summed E-state index contributed by atoms with van der Waals surface area (Å²) in [4.78, 5) is 22.9. The number of benzene rings is 1. The van der Waals surface area contributed by atoms with Crippen molar-refractivity contribution in [2.45, 2.75) is 6.54 Å². The molecule has 2 aromatic rings. The Morgan fingerprint density at radius 3 is 2.84 bits per heavy atom. The van der Waals surface area contributed by atoms with Crippen molar-refractivity contribution in [2.24, 2.45) is 0 Å². The van der Waals surface area contributed by atoms with E-state index in [1.807, 2.05) is 0 Å². The van der Waals surface area contributed by atoms with Gasteiger partial charge in [-0.15, -0.1) is 0 Å². The summed E-state index contributed by atoms with van der Waals surface area (Å²) in [6, 6.07) is 5.37. The van der Waals surface area contributed by atoms with Crippen LogP contribution in [0.2, 0.25) is 0 Å². The molecule has 1 heterocycles. The van der Waals surface area contributed by atoms with Crippen LogP contribution in [0, 0.1) is 11.6 Å². The number of anilines is 1. The van der Waals surface area contributed by atoms with Crippen LogP contribution < -0.4 is 10.9 Å². The minimum atomic E-state index is -0.761. The lowest BCUT2D eigenvalue weighted by atomic mass is 10.3. The normalized spacial score (nSPS) is 10.2. The van der Waals surface area contributed by atoms with E-state index in [1.54, 1.807) is 0 Å². The Morgan fingerprint density at radius 1 is 1.32 bits per heavy atom. The number of carbonyl (C=O) groups is 1. The lowest BCUT2D eigenvalue weighted by Crippen LogP contribution is -2.28. The molecule has 1 aromatic carbocycles. The average Bonchev–Trinajstić information content (AvgIpc) is 2.37. The molecule has 0 aliphatic carbocycles. The number of carbonyl (C=O) groups excluding carboxylic acids is 1. The van der Waals surface area contributed by atoms with Crippen LogP contribution in [-0.2, 0) is 11.3 Å². The van der Waals surface area contributed by atoms with Crippen LogP contribution >= 0.6 is 0 Å². The van der Waals surface area contributed by atoms with Crippen molar-refractivity contribution in [1.82, 2.24) is 9.78 Å². The lowest BCUT2D eigenvalue weighted by molar-refractivity contribution is -0.117. The third-order valence-electron chi connectivity index (χ3n) is 2.28. The highest BCUT2D eigenvalue weighted by atomic mass is 19.1. The highest BCUT2D eigenvalue weighted by molar-refractivity contribution is 5.90. The van der Waals surface area contributed by atoms with Crippen molar-refractivity contribution < 1.29 is 13.6 Å². The topological polar surface area (TPSA) is 64.0 Å². The minimum absolute atomic E-state index is 0.283. The van der Waals surface area contributed by atoms with E-state index in [0.717, 1.165) is 22.9 Å². The van der Waals surface area contributed by atoms with Gasteiger partial charge in [0.2, 0.25) is 5.91 Å². The van der Waals surface area contributed by atoms with Gasteiger partial charge in [-0.2, -0.15) is 5.10 Å². The molecule has 0 saturated carbocycles. The molecule has 2 rings (SSSR count). The molecule has 0 unspecified atom stereocenters. The molecule has 1 aromatic heterocycles. The molecule has 0 spiro atoms. The fourth-order valence-electron chi connectivity index (χ4n) is 1.43. The maximum absolute atomic E-state index is 13.3. The summed E-state index contributed by atoms with van der Waals surface area (Å²) in [5.74, 6) is -2.11. The van der Waals surface area contributed by atoms with Crippen LogP contribution in [0.4, 0.5) is 14.5 Å². The lowest BCUT2D eigenvalue weighted by Gasteiger charge is -2.07. The minimum Gasteiger partial charge on any atom is -0.322 e. The zero-order valence-corrected chi connectivity index (χ0v) is 9.64. The maximum Gasteiger partial charge on any atom is 0.267 e. The molecule has 7 heteroatoms. The zero-order chi connectivity index (χ0) is 13.8. The first-order chi connectivity index (χ1) is 9.06. The Hall–Kier alpha value is -2.57. The Bertz CT molecular complexity index is 670. The Labute approximate surface area is 106 Å². The van der Waals surface area contributed by atoms with Crippen LogP contribution in [-0.4, -0.2) is 15.7 Å². The van der Waals surface area contributed by atoms with Gasteiger partial charge in [-0.3, -0.25) is 9.59 Å². The fourth-order valence-corrected chi connectivity index (χ4v) is 1.43. The predicted molar refractivity (Wildman–Crippen MR) is 63.5 cm³/mol. The first-order valence-electron chi connectivity index (χ1n) is 5.33. The summed E-state index contributed by atoms with van der Waals surface area (Å²) in [6.07, 6.45) is 1.34. The largest absolute Gasteiger partial charge is 0.322 e. The van der Waals surface area contributed by atoms with E-state index in [9.17, 15) is 18.4 Å². The molecule has 1 amide bonds. The second-order valence-corrected chi connectivity index (χ2v) is 3.69. The SMILES string of the molecule is O=C(Cn1ncccc1=O)Nc1cc(F)ccc1F. The number of halogens is 2. The van der Waals surface area contributed by atoms with Gasteiger partial charge in [-0.25, -0.2) is 13.5 Å². The Kier molecular flexibility index (Phi) is 3.65. The number of hydrogen-bond donors (Lipinski definition) is 1. The molecule has 0 aliphatic rings. The van der Waals surface area contributed by atoms with E-state index in [-0.39, 0.29) is 12.2 Å². The predicted octanol–water partition coefficient (Wildman–Crippen LogP) is 1.16. The number of hydrogen-bond acceptors (Lipinski definition) is 3. The van der Waals surface area contributed by atoms with Gasteiger partial charge >= 0.3 is 0 Å². The Morgan fingerprint density at radius 2 is 2.11 bits per heavy atom. The van der Waals surface area contributed by atoms with Gasteiger partial charge < -0.3 is 5.32 Å². The molecule has 0 fully saturated rings. The zero-order valence-electron chi connectivity index (χ0n) is 9.64. The third-order valence-corrected chi connectivity index (χ3v) is 2.28. The van der Waals surface area contributed by atoms with Gasteiger partial charge in [-0.1, -0.05) is 0 Å². The van der Waals surface area contributed by atoms with E-state index in [2.05, 4.69) is 10.4 Å². The van der Waals surface area contributed by atoms with Gasteiger partial charge in [0.05, 0.1) is 5.69 Å². The maximum atomic E-state index is 13.3. The number of aromatic nitrogens is 2. The summed E-state index contributed by atoms with van der Waals surface area (Å²) in [6.45, 7) is -0.379. The van der Waals surface area contributed by atoms with Gasteiger partial charge in [-0.05, 0) is 18.2 Å². The van der Waals surface area contributed by atoms with Crippen molar-refractivity contribution in [2.75, 3.05) is 5.32 Å². The van der Waals surface area contributed by atoms with Crippen LogP contribution in [0.15, 0.2) is 41.3 Å². The van der Waals surface area contributed by atoms with Gasteiger partial charge in [0.1, 0.15) is 18.2 Å². The van der Waals surface area contributed by atoms with Crippen LogP contribution in [0.25, 0.3) is 0 Å². The van der Waals surface area contributed by atoms with E-state index >= 15 is 0 Å². The number of rotatable bonds is 3. The smallest absolute Gasteiger partial charge is 0.267 e. The second-order valence-electron chi connectivity index (χ2n) is 3.69. The highest BCUT2D eigenvalue weighted by Gasteiger charge is 2.09. The van der Waals surface area contributed by atoms with Gasteiger partial charge in [0.25, 0.3) is 5.56 Å². The summed E-state index contributed by atoms with van der Waals surface area (Å²) in [5, 5.41) is 5.85. The van der Waals surface area contributed by atoms with Crippen LogP contribution in [0.5, 0.6) is 0 Å². The quantitative estimate of drug-likeness (QED) is 0.905. The van der Waals surface area contributed by atoms with Gasteiger partial charge in [0, 0.05) is 18.3 Å². The molecular weight excluding hydrogens is 256 g/mol. The van der Waals surface area contributed by atoms with Crippen molar-refractivity contribution in [3.63, 3.8) is 0 Å². The summed E-state index contributed by atoms with van der Waals surface area (Å²) < 4.78 is 27.1. The highest BCUT2D eigenvalue weighted by Crippen LogP contribution is 2.14. The molecule has 0 saturated heterocycles. The molecule has 98 valence electrons. The van der Waals surface area contributed by atoms with E-state index < -0.39 is 23.1 Å². The van der Waals surface area contributed by atoms with Crippen LogP contribution in [0.1, 0.15) is 0 Å². The number of nitrogens with zero attached hydrogens (tertiary/aromatic N) is 2. The molecule has 1 N–H and O–H groups in total. The number of amides is 1. The average molecular weight is 265 g/mol. The first-order valence-corrected chi connectivity index (χ1v) is 5.33. The van der Waals surface area contributed by atoms with Crippen LogP contribution in [0.3, 0.4) is 0 Å². The molecule has 5 nitrogen and oxygen atoms in total. The van der Waals surface area contributed by atoms with E-state index in [0.29, 0.717) is 0 Å². The monoisotopic (exact) mass is 265 g/mol. The van der Waals surface area contributed by atoms with E-state index in [4.69, 9.17) is 0 Å². The Balaban J connectivity index is 2.12. The first kappa shape index (κ1) is 12.9. The second kappa shape index (κ2) is 5.38. The summed E-state index contributed by atoms with van der Waals surface area (Å²) in [7, 11) is 0. The standard InChI is InChI=1S/C12H9F2N3O2/c13-8-3-4-9(14)10(6-8)16-11(18)7-17-12(19)2-1-5-15-17/h1-6H,7H2,(H,16,18). The molecule has 0 atom stereocenters. The molecule has 0 radical (unpaired) electrons. The number of nitrogens with one attached hydrogen (secondary N) is 1. The van der Waals surface area contributed by atoms with Crippen molar-refractivity contribution in [3.05, 3.63) is 58.5 Å². The summed E-state index contributed by atoms with van der Waals surface area (Å²) >= 11 is 0. The molecule has 0 aliphatic heterocycles. The van der Waals surface area contributed by atoms with Crippen molar-refractivity contribution >= 4 is 11.6 Å². The van der Waals surface area contributed by atoms with Gasteiger partial charge in [0.15, 0.2) is 0 Å². The molecule has 19 heavy (non-hydrogen) atoms. The molecule has 0 bridgehead atoms. The third kappa shape index (κ3) is 3.21. The van der Waals surface area contributed by atoms with Crippen molar-refractivity contribution in [3.8, 4) is 0 Å². The van der Waals surface area contributed by atoms with Crippen molar-refractivity contribution in [1.29, 1.82) is 0 Å². The summed E-state index contributed by atoms with van der Waals surface area (Å²) in [5.41, 5.74) is -0.744. The van der Waals surface area contributed by atoms with E-state index in [1.165, 1.54) is 18.3 Å². The fraction of sp³-hybridized carbons (Fsp3) is 0.0833. The molecular formula is C12H9F2N3O2.